The standard InChI is InChI=1S/C11H22.C9H18/c1-4-5-6-7-8-9-10-11(2)3;1-4-6-7-8-9(3)5-2/h10H,4-9H2,1-3H3;8H,4-7H2,1-3H3/b;9-8+. The van der Waals surface area contributed by atoms with Gasteiger partial charge in [0.05, 0.1) is 0 Å². The van der Waals surface area contributed by atoms with Crippen molar-refractivity contribution in [2.45, 2.75) is 106 Å². The van der Waals surface area contributed by atoms with Gasteiger partial charge < -0.3 is 0 Å². The molecule has 120 valence electrons. The smallest absolute Gasteiger partial charge is 0.0348 e. The molecular weight excluding hydrogens is 240 g/mol. The molecule has 0 saturated carbocycles. The zero-order chi connectivity index (χ0) is 15.6. The van der Waals surface area contributed by atoms with Gasteiger partial charge in [0.25, 0.3) is 0 Å². The van der Waals surface area contributed by atoms with Crippen molar-refractivity contribution >= 4 is 0 Å². The highest BCUT2D eigenvalue weighted by Gasteiger charge is 1.86. The highest BCUT2D eigenvalue weighted by atomic mass is 13.9. The molecule has 0 N–H and O–H groups in total. The highest BCUT2D eigenvalue weighted by Crippen LogP contribution is 2.06. The summed E-state index contributed by atoms with van der Waals surface area (Å²) in [7, 11) is 0. The first-order valence-electron chi connectivity index (χ1n) is 8.87. The minimum Gasteiger partial charge on any atom is -0.0859 e. The molecule has 20 heavy (non-hydrogen) atoms. The lowest BCUT2D eigenvalue weighted by atomic mass is 10.1. The van der Waals surface area contributed by atoms with Crippen molar-refractivity contribution in [1.82, 2.24) is 0 Å². The van der Waals surface area contributed by atoms with Crippen LogP contribution >= 0.6 is 0 Å². The Morgan fingerprint density at radius 1 is 0.650 bits per heavy atom. The zero-order valence-electron chi connectivity index (χ0n) is 15.2. The number of hydrogen-bond donors (Lipinski definition) is 0. The second-order valence-electron chi connectivity index (χ2n) is 6.03. The van der Waals surface area contributed by atoms with Crippen molar-refractivity contribution in [1.29, 1.82) is 0 Å². The maximum Gasteiger partial charge on any atom is -0.0348 e. The molecule has 0 aliphatic heterocycles. The van der Waals surface area contributed by atoms with Crippen molar-refractivity contribution in [2.24, 2.45) is 0 Å². The van der Waals surface area contributed by atoms with Gasteiger partial charge >= 0.3 is 0 Å². The van der Waals surface area contributed by atoms with Crippen molar-refractivity contribution in [3.05, 3.63) is 23.3 Å². The van der Waals surface area contributed by atoms with Crippen molar-refractivity contribution < 1.29 is 0 Å². The molecular formula is C20H40. The molecule has 0 rings (SSSR count). The molecule has 0 spiro atoms. The van der Waals surface area contributed by atoms with Crippen LogP contribution in [-0.4, -0.2) is 0 Å². The van der Waals surface area contributed by atoms with Gasteiger partial charge in [-0.3, -0.25) is 0 Å². The van der Waals surface area contributed by atoms with Gasteiger partial charge in [0.1, 0.15) is 0 Å². The van der Waals surface area contributed by atoms with Gasteiger partial charge in [0.2, 0.25) is 0 Å². The van der Waals surface area contributed by atoms with Crippen LogP contribution in [0.2, 0.25) is 0 Å². The van der Waals surface area contributed by atoms with Gasteiger partial charge in [-0.05, 0) is 46.5 Å². The van der Waals surface area contributed by atoms with Crippen LogP contribution in [0.4, 0.5) is 0 Å². The third kappa shape index (κ3) is 22.6. The summed E-state index contributed by atoms with van der Waals surface area (Å²) in [5, 5.41) is 0. The van der Waals surface area contributed by atoms with Crippen LogP contribution in [-0.2, 0) is 0 Å². The van der Waals surface area contributed by atoms with E-state index in [0.29, 0.717) is 0 Å². The fourth-order valence-electron chi connectivity index (χ4n) is 1.84. The van der Waals surface area contributed by atoms with E-state index in [1.165, 1.54) is 75.4 Å². The Balaban J connectivity index is 0. The van der Waals surface area contributed by atoms with Gasteiger partial charge in [-0.15, -0.1) is 0 Å². The molecule has 0 saturated heterocycles. The Bertz CT molecular complexity index is 228. The number of allylic oxidation sites excluding steroid dienone is 4. The molecule has 0 nitrogen and oxygen atoms in total. The monoisotopic (exact) mass is 280 g/mol. The molecule has 0 atom stereocenters. The van der Waals surface area contributed by atoms with Crippen LogP contribution in [0.25, 0.3) is 0 Å². The van der Waals surface area contributed by atoms with E-state index < -0.39 is 0 Å². The van der Waals surface area contributed by atoms with E-state index in [2.05, 4.69) is 53.7 Å². The normalized spacial score (nSPS) is 10.8. The van der Waals surface area contributed by atoms with E-state index in [9.17, 15) is 0 Å². The summed E-state index contributed by atoms with van der Waals surface area (Å²) in [5.41, 5.74) is 2.99. The maximum atomic E-state index is 2.35. The Kier molecular flexibility index (Phi) is 20.1. The topological polar surface area (TPSA) is 0 Å². The summed E-state index contributed by atoms with van der Waals surface area (Å²) in [4.78, 5) is 0. The SMILES string of the molecule is CCCC/C=C(\C)CC.CCCCCCCC=C(C)C. The first-order chi connectivity index (χ1) is 9.58. The molecule has 0 heteroatoms. The van der Waals surface area contributed by atoms with Gasteiger partial charge in [-0.25, -0.2) is 0 Å². The summed E-state index contributed by atoms with van der Waals surface area (Å²) in [6, 6.07) is 0. The van der Waals surface area contributed by atoms with Crippen molar-refractivity contribution in [2.75, 3.05) is 0 Å². The fourth-order valence-corrected chi connectivity index (χ4v) is 1.84. The molecule has 0 aliphatic rings. The van der Waals surface area contributed by atoms with Crippen molar-refractivity contribution in [3.8, 4) is 0 Å². The van der Waals surface area contributed by atoms with E-state index >= 15 is 0 Å². The van der Waals surface area contributed by atoms with Gasteiger partial charge in [0, 0.05) is 0 Å². The molecule has 0 aromatic carbocycles. The number of rotatable bonds is 10. The Morgan fingerprint density at radius 2 is 1.20 bits per heavy atom. The van der Waals surface area contributed by atoms with Gasteiger partial charge in [0.15, 0.2) is 0 Å². The van der Waals surface area contributed by atoms with E-state index in [1.54, 1.807) is 0 Å². The Labute approximate surface area is 129 Å². The second kappa shape index (κ2) is 18.5. The molecule has 0 heterocycles. The van der Waals surface area contributed by atoms with E-state index in [0.717, 1.165) is 0 Å². The lowest BCUT2D eigenvalue weighted by molar-refractivity contribution is 0.637. The average Bonchev–Trinajstić information content (AvgIpc) is 2.43. The van der Waals surface area contributed by atoms with Crippen LogP contribution in [0.1, 0.15) is 106 Å². The third-order valence-corrected chi connectivity index (χ3v) is 3.47. The van der Waals surface area contributed by atoms with Crippen molar-refractivity contribution in [3.63, 3.8) is 0 Å². The molecule has 0 aromatic heterocycles. The number of hydrogen-bond acceptors (Lipinski definition) is 0. The minimum absolute atomic E-state index is 1.21. The van der Waals surface area contributed by atoms with Crippen LogP contribution in [0, 0.1) is 0 Å². The maximum absolute atomic E-state index is 2.35. The first kappa shape index (κ1) is 21.8. The summed E-state index contributed by atoms with van der Waals surface area (Å²) in [5.74, 6) is 0. The molecule has 0 aliphatic carbocycles. The van der Waals surface area contributed by atoms with Gasteiger partial charge in [-0.1, -0.05) is 82.6 Å². The molecule has 0 radical (unpaired) electrons. The molecule has 0 unspecified atom stereocenters. The van der Waals surface area contributed by atoms with Crippen LogP contribution in [0.3, 0.4) is 0 Å². The van der Waals surface area contributed by atoms with E-state index in [1.807, 2.05) is 0 Å². The van der Waals surface area contributed by atoms with E-state index in [4.69, 9.17) is 0 Å². The van der Waals surface area contributed by atoms with Crippen LogP contribution in [0.15, 0.2) is 23.3 Å². The fraction of sp³-hybridized carbons (Fsp3) is 0.800. The summed E-state index contributed by atoms with van der Waals surface area (Å²) in [6.45, 7) is 13.2. The lowest BCUT2D eigenvalue weighted by Crippen LogP contribution is -1.76. The highest BCUT2D eigenvalue weighted by molar-refractivity contribution is 4.96. The Morgan fingerprint density at radius 3 is 1.70 bits per heavy atom. The number of unbranched alkanes of at least 4 members (excludes halogenated alkanes) is 7. The third-order valence-electron chi connectivity index (χ3n) is 3.47. The lowest BCUT2D eigenvalue weighted by Gasteiger charge is -1.96. The van der Waals surface area contributed by atoms with Crippen LogP contribution in [0.5, 0.6) is 0 Å². The van der Waals surface area contributed by atoms with Gasteiger partial charge in [-0.2, -0.15) is 0 Å². The Hall–Kier alpha value is -0.520. The summed E-state index contributed by atoms with van der Waals surface area (Å²) < 4.78 is 0. The molecule has 0 amide bonds. The van der Waals surface area contributed by atoms with Crippen LogP contribution < -0.4 is 0 Å². The average molecular weight is 281 g/mol. The zero-order valence-corrected chi connectivity index (χ0v) is 15.2. The molecule has 0 fully saturated rings. The quantitative estimate of drug-likeness (QED) is 0.282. The predicted octanol–water partition coefficient (Wildman–Crippen LogP) is 7.85. The summed E-state index contributed by atoms with van der Waals surface area (Å²) >= 11 is 0. The predicted molar refractivity (Wildman–Crippen MR) is 96.4 cm³/mol. The molecule has 0 aromatic rings. The first-order valence-corrected chi connectivity index (χ1v) is 8.87. The summed E-state index contributed by atoms with van der Waals surface area (Å²) in [6.07, 6.45) is 18.1. The minimum atomic E-state index is 1.21. The second-order valence-corrected chi connectivity index (χ2v) is 6.03. The van der Waals surface area contributed by atoms with E-state index in [-0.39, 0.29) is 0 Å². The largest absolute Gasteiger partial charge is 0.0859 e. The molecule has 0 bridgehead atoms.